The molecule has 0 bridgehead atoms. The highest BCUT2D eigenvalue weighted by atomic mass is 32.1. The van der Waals surface area contributed by atoms with E-state index in [-0.39, 0.29) is 5.78 Å². The molecule has 0 N–H and O–H groups in total. The van der Waals surface area contributed by atoms with Crippen LogP contribution < -0.4 is 0 Å². The first kappa shape index (κ1) is 11.1. The fourth-order valence-corrected chi connectivity index (χ4v) is 2.69. The fourth-order valence-electron chi connectivity index (χ4n) is 1.82. The van der Waals surface area contributed by atoms with Crippen molar-refractivity contribution in [3.8, 4) is 0 Å². The van der Waals surface area contributed by atoms with Gasteiger partial charge in [-0.25, -0.2) is 0 Å². The topological polar surface area (TPSA) is 34.9 Å². The van der Waals surface area contributed by atoms with E-state index in [0.717, 1.165) is 27.4 Å². The molecule has 2 heterocycles. The Balaban J connectivity index is 2.54. The van der Waals surface area contributed by atoms with Gasteiger partial charge in [0.1, 0.15) is 0 Å². The molecule has 16 heavy (non-hydrogen) atoms. The molecule has 0 unspecified atom stereocenters. The lowest BCUT2D eigenvalue weighted by atomic mass is 10.1. The Hall–Kier alpha value is -1.42. The van der Waals surface area contributed by atoms with Crippen LogP contribution in [0.5, 0.6) is 0 Å². The van der Waals surface area contributed by atoms with Gasteiger partial charge in [0, 0.05) is 12.7 Å². The third-order valence-corrected chi connectivity index (χ3v) is 3.82. The van der Waals surface area contributed by atoms with Gasteiger partial charge in [-0.2, -0.15) is 5.10 Å². The molecule has 84 valence electrons. The molecule has 0 aliphatic carbocycles. The first-order valence-electron chi connectivity index (χ1n) is 5.11. The van der Waals surface area contributed by atoms with Crippen molar-refractivity contribution in [3.63, 3.8) is 0 Å². The van der Waals surface area contributed by atoms with Crippen LogP contribution in [0.2, 0.25) is 0 Å². The highest BCUT2D eigenvalue weighted by Crippen LogP contribution is 2.23. The maximum Gasteiger partial charge on any atom is 0.206 e. The number of carbonyl (C=O) groups is 1. The highest BCUT2D eigenvalue weighted by molar-refractivity contribution is 7.12. The molecule has 0 aliphatic heterocycles. The number of hydrogen-bond acceptors (Lipinski definition) is 3. The van der Waals surface area contributed by atoms with Crippen molar-refractivity contribution >= 4 is 17.1 Å². The molecule has 0 spiro atoms. The molecule has 0 saturated heterocycles. The van der Waals surface area contributed by atoms with E-state index in [1.807, 2.05) is 39.3 Å². The van der Waals surface area contributed by atoms with Gasteiger partial charge >= 0.3 is 0 Å². The van der Waals surface area contributed by atoms with Crippen LogP contribution in [0.25, 0.3) is 0 Å². The fraction of sp³-hybridized carbons (Fsp3) is 0.333. The predicted octanol–water partition coefficient (Wildman–Crippen LogP) is 2.64. The standard InChI is InChI=1S/C12H14N2OS/c1-7-5-6-16-12(7)11(15)10-8(2)13-14(4)9(10)3/h5-6H,1-4H3. The number of aryl methyl sites for hydroxylation is 3. The molecule has 2 aromatic heterocycles. The van der Waals surface area contributed by atoms with Crippen molar-refractivity contribution in [3.05, 3.63) is 38.8 Å². The minimum atomic E-state index is 0.0931. The Kier molecular flexibility index (Phi) is 2.68. The minimum absolute atomic E-state index is 0.0931. The summed E-state index contributed by atoms with van der Waals surface area (Å²) in [6.45, 7) is 5.77. The Bertz CT molecular complexity index is 551. The molecule has 0 amide bonds. The molecular weight excluding hydrogens is 220 g/mol. The molecule has 3 nitrogen and oxygen atoms in total. The van der Waals surface area contributed by atoms with Crippen molar-refractivity contribution in [1.82, 2.24) is 9.78 Å². The van der Waals surface area contributed by atoms with E-state index in [9.17, 15) is 4.79 Å². The van der Waals surface area contributed by atoms with Crippen molar-refractivity contribution in [2.75, 3.05) is 0 Å². The summed E-state index contributed by atoms with van der Waals surface area (Å²) in [4.78, 5) is 13.2. The zero-order valence-corrected chi connectivity index (χ0v) is 10.7. The first-order chi connectivity index (χ1) is 7.52. The summed E-state index contributed by atoms with van der Waals surface area (Å²) in [5.74, 6) is 0.0931. The van der Waals surface area contributed by atoms with Gasteiger partial charge in [0.2, 0.25) is 5.78 Å². The summed E-state index contributed by atoms with van der Waals surface area (Å²) in [5, 5.41) is 6.22. The molecule has 0 aliphatic rings. The average Bonchev–Trinajstić information content (AvgIpc) is 2.73. The second kappa shape index (κ2) is 3.87. The number of hydrogen-bond donors (Lipinski definition) is 0. The summed E-state index contributed by atoms with van der Waals surface area (Å²) in [6, 6.07) is 1.97. The van der Waals surface area contributed by atoms with E-state index in [4.69, 9.17) is 0 Å². The van der Waals surface area contributed by atoms with E-state index < -0.39 is 0 Å². The molecule has 2 aromatic rings. The van der Waals surface area contributed by atoms with E-state index >= 15 is 0 Å². The maximum absolute atomic E-state index is 12.3. The van der Waals surface area contributed by atoms with E-state index in [0.29, 0.717) is 0 Å². The lowest BCUT2D eigenvalue weighted by Gasteiger charge is -2.00. The Morgan fingerprint density at radius 1 is 1.38 bits per heavy atom. The van der Waals surface area contributed by atoms with Crippen LogP contribution in [0.1, 0.15) is 32.2 Å². The zero-order chi connectivity index (χ0) is 11.9. The van der Waals surface area contributed by atoms with Crippen molar-refractivity contribution in [2.24, 2.45) is 7.05 Å². The molecule has 0 aromatic carbocycles. The summed E-state index contributed by atoms with van der Waals surface area (Å²) < 4.78 is 1.76. The normalized spacial score (nSPS) is 10.8. The molecule has 0 atom stereocenters. The Morgan fingerprint density at radius 3 is 2.50 bits per heavy atom. The number of carbonyl (C=O) groups excluding carboxylic acids is 1. The molecule has 4 heteroatoms. The second-order valence-corrected chi connectivity index (χ2v) is 4.85. The maximum atomic E-state index is 12.3. The Morgan fingerprint density at radius 2 is 2.06 bits per heavy atom. The lowest BCUT2D eigenvalue weighted by molar-refractivity contribution is 0.104. The molecule has 2 rings (SSSR count). The minimum Gasteiger partial charge on any atom is -0.288 e. The van der Waals surface area contributed by atoms with Gasteiger partial charge in [0.25, 0.3) is 0 Å². The van der Waals surface area contributed by atoms with Gasteiger partial charge in [-0.15, -0.1) is 11.3 Å². The van der Waals surface area contributed by atoms with Crippen molar-refractivity contribution < 1.29 is 4.79 Å². The van der Waals surface area contributed by atoms with Crippen LogP contribution in [0.4, 0.5) is 0 Å². The third kappa shape index (κ3) is 1.59. The number of rotatable bonds is 2. The van der Waals surface area contributed by atoms with Crippen LogP contribution in [0, 0.1) is 20.8 Å². The van der Waals surface area contributed by atoms with Crippen LogP contribution in [-0.4, -0.2) is 15.6 Å². The average molecular weight is 234 g/mol. The number of ketones is 1. The first-order valence-corrected chi connectivity index (χ1v) is 5.99. The summed E-state index contributed by atoms with van der Waals surface area (Å²) in [5.41, 5.74) is 3.51. The summed E-state index contributed by atoms with van der Waals surface area (Å²) in [6.07, 6.45) is 0. The van der Waals surface area contributed by atoms with Crippen LogP contribution in [0.3, 0.4) is 0 Å². The van der Waals surface area contributed by atoms with Crippen molar-refractivity contribution in [1.29, 1.82) is 0 Å². The van der Waals surface area contributed by atoms with Gasteiger partial charge in [-0.1, -0.05) is 0 Å². The predicted molar refractivity (Wildman–Crippen MR) is 65.2 cm³/mol. The summed E-state index contributed by atoms with van der Waals surface area (Å²) >= 11 is 1.49. The second-order valence-electron chi connectivity index (χ2n) is 3.93. The molecule has 0 saturated carbocycles. The van der Waals surface area contributed by atoms with Crippen molar-refractivity contribution in [2.45, 2.75) is 20.8 Å². The van der Waals surface area contributed by atoms with Crippen LogP contribution in [0.15, 0.2) is 11.4 Å². The summed E-state index contributed by atoms with van der Waals surface area (Å²) in [7, 11) is 1.86. The molecular formula is C12H14N2OS. The Labute approximate surface area is 98.7 Å². The van der Waals surface area contributed by atoms with E-state index in [1.165, 1.54) is 11.3 Å². The SMILES string of the molecule is Cc1ccsc1C(=O)c1c(C)nn(C)c1C. The van der Waals surface area contributed by atoms with Crippen LogP contribution in [-0.2, 0) is 7.05 Å². The van der Waals surface area contributed by atoms with Gasteiger partial charge in [0.05, 0.1) is 16.1 Å². The van der Waals surface area contributed by atoms with Crippen LogP contribution >= 0.6 is 11.3 Å². The van der Waals surface area contributed by atoms with E-state index in [1.54, 1.807) is 4.68 Å². The molecule has 0 radical (unpaired) electrons. The lowest BCUT2D eigenvalue weighted by Crippen LogP contribution is -2.04. The highest BCUT2D eigenvalue weighted by Gasteiger charge is 2.20. The van der Waals surface area contributed by atoms with Gasteiger partial charge in [-0.05, 0) is 37.8 Å². The number of nitrogens with zero attached hydrogens (tertiary/aromatic N) is 2. The number of thiophene rings is 1. The quantitative estimate of drug-likeness (QED) is 0.749. The zero-order valence-electron chi connectivity index (χ0n) is 9.87. The largest absolute Gasteiger partial charge is 0.288 e. The smallest absolute Gasteiger partial charge is 0.206 e. The molecule has 0 fully saturated rings. The number of aromatic nitrogens is 2. The van der Waals surface area contributed by atoms with Gasteiger partial charge in [0.15, 0.2) is 0 Å². The third-order valence-electron chi connectivity index (χ3n) is 2.80. The van der Waals surface area contributed by atoms with E-state index in [2.05, 4.69) is 5.10 Å². The monoisotopic (exact) mass is 234 g/mol. The van der Waals surface area contributed by atoms with Gasteiger partial charge in [-0.3, -0.25) is 9.48 Å². The van der Waals surface area contributed by atoms with Gasteiger partial charge < -0.3 is 0 Å².